The maximum atomic E-state index is 13.9. The maximum Gasteiger partial charge on any atom is 0.254 e. The molecule has 8 N–H and O–H groups in total. The van der Waals surface area contributed by atoms with E-state index in [1.807, 2.05) is 52.0 Å². The number of H-pyrrole nitrogens is 1. The molecule has 430 valence electrons. The van der Waals surface area contributed by atoms with Crippen LogP contribution in [0.4, 0.5) is 17.2 Å². The number of aliphatic hydroxyl groups excluding tert-OH is 1. The van der Waals surface area contributed by atoms with Crippen molar-refractivity contribution in [3.8, 4) is 27.6 Å². The summed E-state index contributed by atoms with van der Waals surface area (Å²) in [5.41, 5.74) is 11.6. The van der Waals surface area contributed by atoms with Gasteiger partial charge in [-0.15, -0.1) is 11.3 Å². The molecule has 6 rings (SSSR count). The molecule has 0 radical (unpaired) electrons. The number of rotatable bonds is 34. The number of nitrogens with zero attached hydrogens (tertiary/aromatic N) is 4. The summed E-state index contributed by atoms with van der Waals surface area (Å²) in [5, 5.41) is 26.4. The summed E-state index contributed by atoms with van der Waals surface area (Å²) in [6, 6.07) is 15.7. The number of hydrogen-bond donors (Lipinski definition) is 7. The number of carbonyl (C=O) groups is 4. The van der Waals surface area contributed by atoms with E-state index in [2.05, 4.69) is 40.8 Å². The summed E-state index contributed by atoms with van der Waals surface area (Å²) in [6.07, 6.45) is 0.736. The fourth-order valence-electron chi connectivity index (χ4n) is 7.99. The molecule has 79 heavy (non-hydrogen) atoms. The molecule has 0 saturated carbocycles. The first kappa shape index (κ1) is 61.6. The van der Waals surface area contributed by atoms with Crippen LogP contribution >= 0.6 is 11.3 Å². The number of aryl methyl sites for hydroxylation is 1. The lowest BCUT2D eigenvalue weighted by atomic mass is 9.85. The second-order valence-electron chi connectivity index (χ2n) is 19.2. The van der Waals surface area contributed by atoms with Gasteiger partial charge in [-0.2, -0.15) is 5.10 Å². The number of likely N-dealkylation sites (tertiary alicyclic amines) is 1. The number of aromatic nitrogens is 4. The van der Waals surface area contributed by atoms with E-state index >= 15 is 0 Å². The normalized spacial score (nSPS) is 14.9. The van der Waals surface area contributed by atoms with Crippen molar-refractivity contribution in [2.24, 2.45) is 11.1 Å². The van der Waals surface area contributed by atoms with Crippen LogP contribution in [-0.2, 0) is 59.4 Å². The lowest BCUT2D eigenvalue weighted by Gasteiger charge is -2.35. The lowest BCUT2D eigenvalue weighted by molar-refractivity contribution is -0.144. The van der Waals surface area contributed by atoms with Crippen LogP contribution in [0, 0.1) is 12.3 Å². The SMILES string of the molecule is CCS(=O)(=O)Nc1ccc(-c2n[nH]c(Nc3ccnc(OCCOCCOCCOCCOCCOCCOCC(=O)N[C@H](C(=O)N4C[C@H](O)C[C@H]4C(=O)NCc4ccc(-c5scnc5C)cc4)C(C)(C)C)c3)c2C(N)=O)cc1. The minimum atomic E-state index is -3.45. The molecule has 0 aliphatic carbocycles. The molecular weight excluding hydrogens is 1060 g/mol. The summed E-state index contributed by atoms with van der Waals surface area (Å²) in [4.78, 5) is 63.7. The number of hydrogen-bond acceptors (Lipinski definition) is 19. The van der Waals surface area contributed by atoms with E-state index in [0.29, 0.717) is 75.7 Å². The van der Waals surface area contributed by atoms with E-state index < -0.39 is 51.3 Å². The van der Waals surface area contributed by atoms with Gasteiger partial charge >= 0.3 is 0 Å². The van der Waals surface area contributed by atoms with Crippen molar-refractivity contribution in [1.82, 2.24) is 35.7 Å². The molecule has 3 aromatic heterocycles. The number of benzene rings is 2. The number of aromatic amines is 1. The average Bonchev–Trinajstić information content (AvgIpc) is 4.21. The number of aliphatic hydroxyl groups is 1. The van der Waals surface area contributed by atoms with Crippen LogP contribution in [0.1, 0.15) is 55.7 Å². The molecule has 1 aliphatic rings. The fourth-order valence-corrected chi connectivity index (χ4v) is 9.44. The minimum Gasteiger partial charge on any atom is -0.475 e. The molecular formula is C53H72N10O14S2. The van der Waals surface area contributed by atoms with Crippen molar-refractivity contribution in [3.63, 3.8) is 0 Å². The standard InChI is InChI=1S/C53H72N10O14S2/c1-6-79(69,70)62-39-13-11-37(12-14-39)46-45(49(54)66)50(61-60-46)58-40-15-16-55-44(29-40)77-28-27-75-24-23-73-20-19-71-17-18-72-21-22-74-25-26-76-33-43(65)59-48(53(3,4)5)52(68)63-32-41(64)30-42(63)51(67)56-31-36-7-9-38(10-8-36)47-35(2)57-34-78-47/h7-16,29,34,41-42,48,62,64H,6,17-28,30-33H2,1-5H3,(H2,54,66)(H,56,67)(H,59,65)(H2,55,58,60,61)/t41-,42+,48-/m1/s1. The topological polar surface area (TPSA) is 319 Å². The number of primary amides is 1. The number of carbonyl (C=O) groups excluding carboxylic acids is 4. The zero-order valence-corrected chi connectivity index (χ0v) is 46.8. The molecule has 5 aromatic rings. The summed E-state index contributed by atoms with van der Waals surface area (Å²) in [6.45, 7) is 12.5. The van der Waals surface area contributed by atoms with Gasteiger partial charge < -0.3 is 64.8 Å². The summed E-state index contributed by atoms with van der Waals surface area (Å²) in [5.74, 6) is -1.57. The molecule has 3 atom stereocenters. The van der Waals surface area contributed by atoms with Crippen molar-refractivity contribution in [1.29, 1.82) is 0 Å². The molecule has 0 bridgehead atoms. The molecule has 1 aliphatic heterocycles. The van der Waals surface area contributed by atoms with Crippen LogP contribution in [-0.4, -0.2) is 179 Å². The highest BCUT2D eigenvalue weighted by Crippen LogP contribution is 2.31. The van der Waals surface area contributed by atoms with Crippen LogP contribution in [0.2, 0.25) is 0 Å². The van der Waals surface area contributed by atoms with Crippen molar-refractivity contribution in [3.05, 3.63) is 89.2 Å². The van der Waals surface area contributed by atoms with Gasteiger partial charge in [-0.05, 0) is 48.6 Å². The van der Waals surface area contributed by atoms with Crippen LogP contribution in [0.5, 0.6) is 5.88 Å². The van der Waals surface area contributed by atoms with Crippen molar-refractivity contribution in [2.45, 2.75) is 65.8 Å². The summed E-state index contributed by atoms with van der Waals surface area (Å²) in [7, 11) is -3.45. The Hall–Kier alpha value is -6.62. The highest BCUT2D eigenvalue weighted by Gasteiger charge is 2.44. The highest BCUT2D eigenvalue weighted by atomic mass is 32.2. The Labute approximate surface area is 463 Å². The Bertz CT molecular complexity index is 2850. The number of nitrogens with two attached hydrogens (primary N) is 1. The first-order valence-corrected chi connectivity index (χ1v) is 28.3. The maximum absolute atomic E-state index is 13.9. The molecule has 4 heterocycles. The average molecular weight is 1140 g/mol. The lowest BCUT2D eigenvalue weighted by Crippen LogP contribution is -2.58. The molecule has 0 unspecified atom stereocenters. The van der Waals surface area contributed by atoms with Gasteiger partial charge in [0.05, 0.1) is 101 Å². The molecule has 0 spiro atoms. The largest absolute Gasteiger partial charge is 0.475 e. The van der Waals surface area contributed by atoms with Gasteiger partial charge in [-0.1, -0.05) is 57.2 Å². The van der Waals surface area contributed by atoms with Crippen molar-refractivity contribution < 1.29 is 65.9 Å². The molecule has 26 heteroatoms. The Morgan fingerprint density at radius 2 is 1.42 bits per heavy atom. The minimum absolute atomic E-state index is 0.0294. The smallest absolute Gasteiger partial charge is 0.254 e. The van der Waals surface area contributed by atoms with Gasteiger partial charge in [0.2, 0.25) is 33.6 Å². The number of sulfonamides is 1. The van der Waals surface area contributed by atoms with Gasteiger partial charge in [-0.3, -0.25) is 29.0 Å². The number of β-amino-alcohol motifs (C(OH)–C–C–N with tert-alkyl or cyclic N) is 1. The molecule has 2 aromatic carbocycles. The van der Waals surface area contributed by atoms with Gasteiger partial charge in [0, 0.05) is 48.7 Å². The Morgan fingerprint density at radius 1 is 0.823 bits per heavy atom. The van der Waals surface area contributed by atoms with Crippen LogP contribution in [0.25, 0.3) is 21.7 Å². The third kappa shape index (κ3) is 19.6. The number of amides is 4. The second kappa shape index (κ2) is 30.7. The van der Waals surface area contributed by atoms with Crippen molar-refractivity contribution in [2.75, 3.05) is 108 Å². The van der Waals surface area contributed by atoms with Crippen LogP contribution in [0.15, 0.2) is 72.4 Å². The number of ether oxygens (including phenoxy) is 7. The molecule has 24 nitrogen and oxygen atoms in total. The predicted octanol–water partition coefficient (Wildman–Crippen LogP) is 3.80. The van der Waals surface area contributed by atoms with Gasteiger partial charge in [0.1, 0.15) is 42.4 Å². The summed E-state index contributed by atoms with van der Waals surface area (Å²) < 4.78 is 65.3. The van der Waals surface area contributed by atoms with E-state index in [9.17, 15) is 32.7 Å². The number of nitrogens with one attached hydrogen (secondary N) is 5. The second-order valence-corrected chi connectivity index (χ2v) is 22.0. The highest BCUT2D eigenvalue weighted by molar-refractivity contribution is 7.92. The van der Waals surface area contributed by atoms with Crippen LogP contribution < -0.4 is 31.1 Å². The van der Waals surface area contributed by atoms with E-state index in [4.69, 9.17) is 38.9 Å². The number of thiazole rings is 1. The monoisotopic (exact) mass is 1140 g/mol. The zero-order valence-electron chi connectivity index (χ0n) is 45.1. The van der Waals surface area contributed by atoms with Gasteiger partial charge in [-0.25, -0.2) is 18.4 Å². The molecule has 4 amide bonds. The molecule has 1 fully saturated rings. The number of pyridine rings is 1. The first-order chi connectivity index (χ1) is 37.9. The first-order valence-electron chi connectivity index (χ1n) is 25.8. The third-order valence-corrected chi connectivity index (χ3v) is 14.4. The quantitative estimate of drug-likeness (QED) is 0.0288. The zero-order chi connectivity index (χ0) is 56.8. The van der Waals surface area contributed by atoms with E-state index in [-0.39, 0.29) is 81.3 Å². The van der Waals surface area contributed by atoms with E-state index in [1.165, 1.54) is 18.0 Å². The third-order valence-electron chi connectivity index (χ3n) is 12.1. The Morgan fingerprint density at radius 3 is 1.99 bits per heavy atom. The van der Waals surface area contributed by atoms with Gasteiger partial charge in [0.25, 0.3) is 5.91 Å². The van der Waals surface area contributed by atoms with E-state index in [1.54, 1.807) is 53.2 Å². The van der Waals surface area contributed by atoms with Crippen molar-refractivity contribution >= 4 is 62.2 Å². The van der Waals surface area contributed by atoms with Gasteiger partial charge in [0.15, 0.2) is 0 Å². The Balaban J connectivity index is 0.750. The van der Waals surface area contributed by atoms with E-state index in [0.717, 1.165) is 21.7 Å². The predicted molar refractivity (Wildman–Crippen MR) is 295 cm³/mol. The fraction of sp³-hybridized carbons (Fsp3) is 0.491. The molecule has 1 saturated heterocycles. The van der Waals surface area contributed by atoms with Crippen LogP contribution in [0.3, 0.4) is 0 Å². The summed E-state index contributed by atoms with van der Waals surface area (Å²) >= 11 is 1.56. The number of anilines is 3. The Kier molecular flexibility index (Phi) is 23.9.